The summed E-state index contributed by atoms with van der Waals surface area (Å²) in [4.78, 5) is 4.42. The minimum atomic E-state index is -0.211. The van der Waals surface area contributed by atoms with E-state index in [9.17, 15) is 4.39 Å². The lowest BCUT2D eigenvalue weighted by Gasteiger charge is -2.42. The number of methoxy groups -OCH3 is 2. The largest absolute Gasteiger partial charge is 0.493 e. The number of guanidine groups is 1. The minimum absolute atomic E-state index is 0. The van der Waals surface area contributed by atoms with Crippen molar-refractivity contribution in [3.63, 3.8) is 0 Å². The summed E-state index contributed by atoms with van der Waals surface area (Å²) in [5.74, 6) is 1.54. The van der Waals surface area contributed by atoms with Gasteiger partial charge in [-0.25, -0.2) is 9.38 Å². The summed E-state index contributed by atoms with van der Waals surface area (Å²) in [6.45, 7) is 1.14. The number of hydrogen-bond acceptors (Lipinski definition) is 3. The van der Waals surface area contributed by atoms with Crippen LogP contribution in [-0.4, -0.2) is 26.7 Å². The smallest absolute Gasteiger partial charge is 0.188 e. The van der Waals surface area contributed by atoms with E-state index < -0.39 is 0 Å². The number of halogens is 2. The predicted molar refractivity (Wildman–Crippen MR) is 120 cm³/mol. The van der Waals surface area contributed by atoms with Crippen molar-refractivity contribution in [2.75, 3.05) is 20.8 Å². The number of benzene rings is 2. The third kappa shape index (κ3) is 5.06. The topological polar surface area (TPSA) is 68.9 Å². The van der Waals surface area contributed by atoms with Crippen molar-refractivity contribution in [3.8, 4) is 11.5 Å². The van der Waals surface area contributed by atoms with Crippen LogP contribution in [0.4, 0.5) is 4.39 Å². The maximum atomic E-state index is 13.2. The number of nitrogens with one attached hydrogen (secondary N) is 1. The van der Waals surface area contributed by atoms with E-state index in [2.05, 4.69) is 10.3 Å². The number of ether oxygens (including phenoxy) is 2. The van der Waals surface area contributed by atoms with Crippen molar-refractivity contribution in [2.24, 2.45) is 10.7 Å². The van der Waals surface area contributed by atoms with Crippen LogP contribution in [-0.2, 0) is 12.0 Å². The van der Waals surface area contributed by atoms with Crippen molar-refractivity contribution in [3.05, 3.63) is 59.4 Å². The first kappa shape index (κ1) is 22.3. The normalized spacial score (nSPS) is 15.2. The highest BCUT2D eigenvalue weighted by Crippen LogP contribution is 2.43. The van der Waals surface area contributed by atoms with Gasteiger partial charge in [-0.05, 0) is 48.2 Å². The fourth-order valence-corrected chi connectivity index (χ4v) is 3.45. The van der Waals surface area contributed by atoms with Crippen molar-refractivity contribution in [1.82, 2.24) is 5.32 Å². The molecule has 0 unspecified atom stereocenters. The van der Waals surface area contributed by atoms with Crippen molar-refractivity contribution >= 4 is 29.9 Å². The van der Waals surface area contributed by atoms with Crippen LogP contribution < -0.4 is 20.5 Å². The van der Waals surface area contributed by atoms with Gasteiger partial charge in [-0.2, -0.15) is 0 Å². The molecular weight excluding hydrogens is 472 g/mol. The zero-order chi connectivity index (χ0) is 19.3. The predicted octanol–water partition coefficient (Wildman–Crippen LogP) is 3.99. The van der Waals surface area contributed by atoms with E-state index in [0.29, 0.717) is 30.5 Å². The molecule has 0 aromatic heterocycles. The molecule has 2 aromatic carbocycles. The van der Waals surface area contributed by atoms with E-state index in [1.54, 1.807) is 14.2 Å². The molecule has 3 rings (SSSR count). The van der Waals surface area contributed by atoms with E-state index in [-0.39, 0.29) is 35.2 Å². The second kappa shape index (κ2) is 9.95. The Labute approximate surface area is 182 Å². The molecule has 0 spiro atoms. The molecule has 1 aliphatic carbocycles. The molecule has 0 radical (unpaired) electrons. The van der Waals surface area contributed by atoms with Gasteiger partial charge in [0, 0.05) is 12.0 Å². The summed E-state index contributed by atoms with van der Waals surface area (Å²) in [5.41, 5.74) is 8.20. The van der Waals surface area contributed by atoms with Gasteiger partial charge in [0.2, 0.25) is 0 Å². The third-order valence-corrected chi connectivity index (χ3v) is 5.26. The maximum Gasteiger partial charge on any atom is 0.188 e. The van der Waals surface area contributed by atoms with Gasteiger partial charge >= 0.3 is 0 Å². The summed E-state index contributed by atoms with van der Waals surface area (Å²) in [6.07, 6.45) is 3.30. The summed E-state index contributed by atoms with van der Waals surface area (Å²) in [7, 11) is 3.21. The van der Waals surface area contributed by atoms with E-state index in [4.69, 9.17) is 15.2 Å². The molecule has 7 heteroatoms. The van der Waals surface area contributed by atoms with Gasteiger partial charge in [-0.15, -0.1) is 24.0 Å². The van der Waals surface area contributed by atoms with Crippen LogP contribution in [0.2, 0.25) is 0 Å². The molecule has 0 heterocycles. The van der Waals surface area contributed by atoms with Crippen LogP contribution in [0.3, 0.4) is 0 Å². The van der Waals surface area contributed by atoms with E-state index >= 15 is 0 Å². The Morgan fingerprint density at radius 2 is 1.79 bits per heavy atom. The quantitative estimate of drug-likeness (QED) is 0.344. The SMILES string of the molecule is COc1ccc(CN=C(N)NCC2(c3ccc(F)cc3)CCC2)cc1OC.I. The Kier molecular flexibility index (Phi) is 7.91. The molecule has 0 atom stereocenters. The highest BCUT2D eigenvalue weighted by Gasteiger charge is 2.38. The first-order valence-corrected chi connectivity index (χ1v) is 9.07. The summed E-state index contributed by atoms with van der Waals surface area (Å²) < 4.78 is 23.8. The minimum Gasteiger partial charge on any atom is -0.493 e. The maximum absolute atomic E-state index is 13.2. The average molecular weight is 499 g/mol. The van der Waals surface area contributed by atoms with Crippen LogP contribution in [0.25, 0.3) is 0 Å². The van der Waals surface area contributed by atoms with Gasteiger partial charge in [0.05, 0.1) is 20.8 Å². The number of nitrogens with two attached hydrogens (primary N) is 1. The Bertz CT molecular complexity index is 808. The lowest BCUT2D eigenvalue weighted by Crippen LogP contribution is -2.47. The standard InChI is InChI=1S/C21H26FN3O2.HI/c1-26-18-9-4-15(12-19(18)27-2)13-24-20(23)25-14-21(10-3-11-21)16-5-7-17(22)8-6-16;/h4-9,12H,3,10-11,13-14H2,1-2H3,(H3,23,24,25);1H. The molecule has 5 nitrogen and oxygen atoms in total. The van der Waals surface area contributed by atoms with Crippen molar-refractivity contribution in [1.29, 1.82) is 0 Å². The number of nitrogens with zero attached hydrogens (tertiary/aromatic N) is 1. The number of hydrogen-bond donors (Lipinski definition) is 2. The highest BCUT2D eigenvalue weighted by molar-refractivity contribution is 14.0. The van der Waals surface area contributed by atoms with Crippen LogP contribution in [0.15, 0.2) is 47.5 Å². The molecule has 1 fully saturated rings. The molecule has 0 bridgehead atoms. The zero-order valence-electron chi connectivity index (χ0n) is 16.2. The molecule has 0 amide bonds. The Morgan fingerprint density at radius 3 is 2.36 bits per heavy atom. The van der Waals surface area contributed by atoms with Crippen LogP contribution in [0, 0.1) is 5.82 Å². The molecular formula is C21H27FIN3O2. The van der Waals surface area contributed by atoms with E-state index in [0.717, 1.165) is 24.0 Å². The van der Waals surface area contributed by atoms with Crippen LogP contribution >= 0.6 is 24.0 Å². The first-order valence-electron chi connectivity index (χ1n) is 9.07. The molecule has 0 aliphatic heterocycles. The van der Waals surface area contributed by atoms with Gasteiger partial charge < -0.3 is 20.5 Å². The zero-order valence-corrected chi connectivity index (χ0v) is 18.5. The first-order chi connectivity index (χ1) is 13.1. The highest BCUT2D eigenvalue weighted by atomic mass is 127. The van der Waals surface area contributed by atoms with Crippen molar-refractivity contribution in [2.45, 2.75) is 31.2 Å². The van der Waals surface area contributed by atoms with Crippen LogP contribution in [0.1, 0.15) is 30.4 Å². The van der Waals surface area contributed by atoms with Crippen molar-refractivity contribution < 1.29 is 13.9 Å². The third-order valence-electron chi connectivity index (χ3n) is 5.26. The fourth-order valence-electron chi connectivity index (χ4n) is 3.45. The number of rotatable bonds is 7. The molecule has 1 saturated carbocycles. The molecule has 2 aromatic rings. The van der Waals surface area contributed by atoms with Gasteiger partial charge in [-0.1, -0.05) is 24.6 Å². The monoisotopic (exact) mass is 499 g/mol. The molecule has 28 heavy (non-hydrogen) atoms. The van der Waals surface area contributed by atoms with Gasteiger partial charge in [0.25, 0.3) is 0 Å². The average Bonchev–Trinajstić information content (AvgIpc) is 2.66. The lowest BCUT2D eigenvalue weighted by molar-refractivity contribution is 0.244. The number of aliphatic imine (C=N–C) groups is 1. The fraction of sp³-hybridized carbons (Fsp3) is 0.381. The second-order valence-electron chi connectivity index (χ2n) is 6.89. The lowest BCUT2D eigenvalue weighted by atomic mass is 9.64. The Morgan fingerprint density at radius 1 is 1.11 bits per heavy atom. The summed E-state index contributed by atoms with van der Waals surface area (Å²) in [5, 5.41) is 3.24. The van der Waals surface area contributed by atoms with Gasteiger partial charge in [0.15, 0.2) is 17.5 Å². The molecule has 3 N–H and O–H groups in total. The molecule has 1 aliphatic rings. The van der Waals surface area contributed by atoms with E-state index in [1.807, 2.05) is 30.3 Å². The second-order valence-corrected chi connectivity index (χ2v) is 6.89. The Balaban J connectivity index is 0.00000280. The van der Waals surface area contributed by atoms with Gasteiger partial charge in [-0.3, -0.25) is 0 Å². The molecule has 152 valence electrons. The summed E-state index contributed by atoms with van der Waals surface area (Å²) in [6, 6.07) is 12.4. The van der Waals surface area contributed by atoms with Crippen LogP contribution in [0.5, 0.6) is 11.5 Å². The summed E-state index contributed by atoms with van der Waals surface area (Å²) >= 11 is 0. The Hall–Kier alpha value is -2.03. The van der Waals surface area contributed by atoms with E-state index in [1.165, 1.54) is 18.6 Å². The molecule has 0 saturated heterocycles. The van der Waals surface area contributed by atoms with Gasteiger partial charge in [0.1, 0.15) is 5.82 Å².